The summed E-state index contributed by atoms with van der Waals surface area (Å²) in [5.74, 6) is 0.282. The maximum absolute atomic E-state index is 10.6. The first-order valence-electron chi connectivity index (χ1n) is 2.41. The van der Waals surface area contributed by atoms with Crippen LogP contribution in [0.5, 0.6) is 5.75 Å². The molecule has 0 aliphatic carbocycles. The highest BCUT2D eigenvalue weighted by Gasteiger charge is 1.92. The Labute approximate surface area is 51.5 Å². The van der Waals surface area contributed by atoms with Gasteiger partial charge in [0.15, 0.2) is 5.75 Å². The smallest absolute Gasteiger partial charge is 0.241 e. The van der Waals surface area contributed by atoms with Crippen molar-refractivity contribution in [1.82, 2.24) is 10.2 Å². The fourth-order valence-electron chi connectivity index (χ4n) is 0.486. The van der Waals surface area contributed by atoms with Crippen LogP contribution in [0.4, 0.5) is 0 Å². The number of aromatic amines is 1. The van der Waals surface area contributed by atoms with Gasteiger partial charge in [-0.3, -0.25) is 9.89 Å². The molecule has 0 aromatic carbocycles. The molecule has 1 N–H and O–H groups in total. The molecular weight excluding hydrogens is 120 g/mol. The molecule has 0 aliphatic rings. The Morgan fingerprint density at radius 3 is 3.00 bits per heavy atom. The van der Waals surface area contributed by atoms with Gasteiger partial charge in [-0.05, 0) is 0 Å². The number of rotatable bonds is 1. The van der Waals surface area contributed by atoms with Crippen molar-refractivity contribution in [2.75, 3.05) is 7.11 Å². The Hall–Kier alpha value is -1.32. The van der Waals surface area contributed by atoms with Crippen LogP contribution >= 0.6 is 0 Å². The maximum Gasteiger partial charge on any atom is 0.241 e. The third kappa shape index (κ3) is 1.07. The van der Waals surface area contributed by atoms with Crippen molar-refractivity contribution in [2.24, 2.45) is 0 Å². The van der Waals surface area contributed by atoms with Gasteiger partial charge >= 0.3 is 0 Å². The van der Waals surface area contributed by atoms with Gasteiger partial charge < -0.3 is 4.74 Å². The van der Waals surface area contributed by atoms with Crippen molar-refractivity contribution < 1.29 is 4.74 Å². The minimum Gasteiger partial charge on any atom is -0.491 e. The maximum atomic E-state index is 10.6. The molecule has 48 valence electrons. The zero-order valence-corrected chi connectivity index (χ0v) is 4.92. The molecule has 0 unspecified atom stereocenters. The van der Waals surface area contributed by atoms with E-state index in [1.54, 1.807) is 0 Å². The normalized spacial score (nSPS) is 9.00. The molecule has 0 saturated heterocycles. The Bertz CT molecular complexity index is 243. The lowest BCUT2D eigenvalue weighted by molar-refractivity contribution is 0.407. The fourth-order valence-corrected chi connectivity index (χ4v) is 0.486. The predicted octanol–water partition coefficient (Wildman–Crippen LogP) is -0.221. The van der Waals surface area contributed by atoms with E-state index < -0.39 is 0 Å². The molecule has 0 atom stereocenters. The van der Waals surface area contributed by atoms with E-state index in [1.165, 1.54) is 19.5 Å². The average molecular weight is 126 g/mol. The van der Waals surface area contributed by atoms with E-state index in [0.717, 1.165) is 0 Å². The van der Waals surface area contributed by atoms with E-state index in [0.29, 0.717) is 0 Å². The number of H-pyrrole nitrogens is 1. The summed E-state index contributed by atoms with van der Waals surface area (Å²) >= 11 is 0. The number of hydrogen-bond donors (Lipinski definition) is 1. The molecule has 1 aromatic rings. The Morgan fingerprint density at radius 2 is 2.56 bits per heavy atom. The van der Waals surface area contributed by atoms with Crippen LogP contribution in [0, 0.1) is 0 Å². The molecule has 0 radical (unpaired) electrons. The number of methoxy groups -OCH3 is 1. The van der Waals surface area contributed by atoms with Gasteiger partial charge in [-0.15, -0.1) is 0 Å². The van der Waals surface area contributed by atoms with E-state index in [9.17, 15) is 4.79 Å². The molecule has 0 amide bonds. The lowest BCUT2D eigenvalue weighted by atomic mass is 10.5. The van der Waals surface area contributed by atoms with Crippen molar-refractivity contribution in [3.63, 3.8) is 0 Å². The minimum atomic E-state index is -0.212. The largest absolute Gasteiger partial charge is 0.491 e. The van der Waals surface area contributed by atoms with Gasteiger partial charge in [-0.1, -0.05) is 0 Å². The third-order valence-corrected chi connectivity index (χ3v) is 0.915. The summed E-state index contributed by atoms with van der Waals surface area (Å²) in [6, 6.07) is 0. The van der Waals surface area contributed by atoms with Crippen LogP contribution in [0.25, 0.3) is 0 Å². The second-order valence-corrected chi connectivity index (χ2v) is 1.46. The molecule has 0 spiro atoms. The summed E-state index contributed by atoms with van der Waals surface area (Å²) in [5.41, 5.74) is -0.212. The lowest BCUT2D eigenvalue weighted by Gasteiger charge is -1.92. The Kier molecular flexibility index (Phi) is 1.48. The monoisotopic (exact) mass is 126 g/mol. The SMILES string of the molecule is COc1c[nH]ncc1=O. The number of ether oxygens (including phenoxy) is 1. The second-order valence-electron chi connectivity index (χ2n) is 1.46. The van der Waals surface area contributed by atoms with Crippen molar-refractivity contribution in [2.45, 2.75) is 0 Å². The molecule has 1 aromatic heterocycles. The molecule has 4 heteroatoms. The van der Waals surface area contributed by atoms with Crippen molar-refractivity contribution in [1.29, 1.82) is 0 Å². The van der Waals surface area contributed by atoms with E-state index in [1.807, 2.05) is 0 Å². The van der Waals surface area contributed by atoms with Crippen molar-refractivity contribution in [3.05, 3.63) is 22.6 Å². The molecule has 0 saturated carbocycles. The minimum absolute atomic E-state index is 0.212. The molecule has 0 fully saturated rings. The summed E-state index contributed by atoms with van der Waals surface area (Å²) in [4.78, 5) is 10.6. The molecule has 1 heterocycles. The van der Waals surface area contributed by atoms with Gasteiger partial charge in [-0.2, -0.15) is 5.10 Å². The quantitative estimate of drug-likeness (QED) is 0.565. The van der Waals surface area contributed by atoms with E-state index in [4.69, 9.17) is 0 Å². The van der Waals surface area contributed by atoms with Gasteiger partial charge in [0.05, 0.1) is 19.5 Å². The lowest BCUT2D eigenvalue weighted by Crippen LogP contribution is -2.04. The average Bonchev–Trinajstić information content (AvgIpc) is 1.89. The van der Waals surface area contributed by atoms with Gasteiger partial charge in [0.1, 0.15) is 0 Å². The van der Waals surface area contributed by atoms with Crippen LogP contribution < -0.4 is 10.2 Å². The fraction of sp³-hybridized carbons (Fsp3) is 0.200. The molecule has 9 heavy (non-hydrogen) atoms. The summed E-state index contributed by atoms with van der Waals surface area (Å²) < 4.78 is 4.66. The molecule has 1 rings (SSSR count). The first-order valence-corrected chi connectivity index (χ1v) is 2.41. The van der Waals surface area contributed by atoms with Crippen LogP contribution in [0.2, 0.25) is 0 Å². The number of nitrogens with one attached hydrogen (secondary N) is 1. The summed E-state index contributed by atoms with van der Waals surface area (Å²) in [6.07, 6.45) is 2.57. The molecule has 4 nitrogen and oxygen atoms in total. The first-order chi connectivity index (χ1) is 4.34. The van der Waals surface area contributed by atoms with Crippen molar-refractivity contribution in [3.8, 4) is 5.75 Å². The van der Waals surface area contributed by atoms with Gasteiger partial charge in [-0.25, -0.2) is 0 Å². The van der Waals surface area contributed by atoms with Gasteiger partial charge in [0.2, 0.25) is 5.43 Å². The van der Waals surface area contributed by atoms with Crippen LogP contribution in [0.15, 0.2) is 17.2 Å². The highest BCUT2D eigenvalue weighted by molar-refractivity contribution is 5.12. The first kappa shape index (κ1) is 5.81. The molecule has 0 bridgehead atoms. The third-order valence-electron chi connectivity index (χ3n) is 0.915. The van der Waals surface area contributed by atoms with E-state index in [-0.39, 0.29) is 11.2 Å². The van der Waals surface area contributed by atoms with E-state index in [2.05, 4.69) is 14.9 Å². The molecule has 0 aliphatic heterocycles. The second kappa shape index (κ2) is 2.30. The summed E-state index contributed by atoms with van der Waals surface area (Å²) in [5, 5.41) is 5.95. The number of nitrogens with zero attached hydrogens (tertiary/aromatic N) is 1. The highest BCUT2D eigenvalue weighted by atomic mass is 16.5. The Balaban J connectivity index is 3.16. The topological polar surface area (TPSA) is 55.0 Å². The summed E-state index contributed by atoms with van der Waals surface area (Å²) in [7, 11) is 1.44. The molecular formula is C5H6N2O2. The van der Waals surface area contributed by atoms with Crippen LogP contribution in [0.3, 0.4) is 0 Å². The van der Waals surface area contributed by atoms with E-state index >= 15 is 0 Å². The highest BCUT2D eigenvalue weighted by Crippen LogP contribution is 1.93. The standard InChI is InChI=1S/C5H6N2O2/c1-9-5-3-7-6-2-4(5)8/h2-3H,1H3,(H,7,8). The number of hydrogen-bond acceptors (Lipinski definition) is 3. The zero-order valence-electron chi connectivity index (χ0n) is 4.92. The Morgan fingerprint density at radius 1 is 1.78 bits per heavy atom. The van der Waals surface area contributed by atoms with Crippen molar-refractivity contribution >= 4 is 0 Å². The van der Waals surface area contributed by atoms with Gasteiger partial charge in [0.25, 0.3) is 0 Å². The predicted molar refractivity (Wildman–Crippen MR) is 31.4 cm³/mol. The van der Waals surface area contributed by atoms with Crippen LogP contribution in [-0.4, -0.2) is 17.3 Å². The number of aromatic nitrogens is 2. The van der Waals surface area contributed by atoms with Crippen LogP contribution in [0.1, 0.15) is 0 Å². The van der Waals surface area contributed by atoms with Crippen LogP contribution in [-0.2, 0) is 0 Å². The summed E-state index contributed by atoms with van der Waals surface area (Å²) in [6.45, 7) is 0. The zero-order chi connectivity index (χ0) is 6.69. The van der Waals surface area contributed by atoms with Gasteiger partial charge in [0, 0.05) is 0 Å².